The van der Waals surface area contributed by atoms with Crippen molar-refractivity contribution in [3.05, 3.63) is 0 Å². The molecule has 0 heterocycles. The maximum atomic E-state index is 5.83. The third kappa shape index (κ3) is 9.15. The van der Waals surface area contributed by atoms with Crippen molar-refractivity contribution in [1.29, 1.82) is 0 Å². The zero-order valence-corrected chi connectivity index (χ0v) is 15.4. The molecule has 0 aliphatic heterocycles. The fraction of sp³-hybridized carbons (Fsp3) is 1.00. The first-order chi connectivity index (χ1) is 10.7. The van der Waals surface area contributed by atoms with Crippen molar-refractivity contribution in [1.82, 2.24) is 0 Å². The molecule has 0 bridgehead atoms. The molecule has 2 rings (SSSR count). The lowest BCUT2D eigenvalue weighted by Gasteiger charge is -2.25. The molecule has 2 aliphatic carbocycles. The van der Waals surface area contributed by atoms with E-state index in [9.17, 15) is 0 Å². The van der Waals surface area contributed by atoms with Gasteiger partial charge in [0.05, 0.1) is 0 Å². The van der Waals surface area contributed by atoms with Crippen molar-refractivity contribution in [2.24, 2.45) is 23.3 Å². The second kappa shape index (κ2) is 12.4. The number of nitrogens with two attached hydrogens (primary N) is 2. The molecule has 0 radical (unpaired) electrons. The van der Waals surface area contributed by atoms with Crippen LogP contribution in [-0.4, -0.2) is 12.1 Å². The Morgan fingerprint density at radius 2 is 0.909 bits per heavy atom. The predicted molar refractivity (Wildman–Crippen MR) is 98.9 cm³/mol. The molecule has 0 aromatic carbocycles. The van der Waals surface area contributed by atoms with E-state index in [0.717, 1.165) is 11.8 Å². The Kier molecular flexibility index (Phi) is 11.2. The van der Waals surface area contributed by atoms with E-state index in [4.69, 9.17) is 11.5 Å². The van der Waals surface area contributed by atoms with Crippen LogP contribution < -0.4 is 11.5 Å². The van der Waals surface area contributed by atoms with Crippen LogP contribution >= 0.6 is 0 Å². The van der Waals surface area contributed by atoms with E-state index in [1.807, 2.05) is 0 Å². The van der Waals surface area contributed by atoms with Crippen molar-refractivity contribution in [3.63, 3.8) is 0 Å². The molecule has 132 valence electrons. The summed E-state index contributed by atoms with van der Waals surface area (Å²) in [7, 11) is 0. The predicted octanol–water partition coefficient (Wildman–Crippen LogP) is 5.39. The molecule has 22 heavy (non-hydrogen) atoms. The Bertz CT molecular complexity index is 207. The van der Waals surface area contributed by atoms with Gasteiger partial charge in [-0.1, -0.05) is 52.4 Å². The topological polar surface area (TPSA) is 52.0 Å². The van der Waals surface area contributed by atoms with Gasteiger partial charge in [-0.25, -0.2) is 0 Å². The van der Waals surface area contributed by atoms with Crippen LogP contribution in [0.2, 0.25) is 0 Å². The molecule has 2 heteroatoms. The number of rotatable bonds is 6. The van der Waals surface area contributed by atoms with E-state index in [0.29, 0.717) is 12.1 Å². The molecule has 4 N–H and O–H groups in total. The Morgan fingerprint density at radius 1 is 0.591 bits per heavy atom. The minimum Gasteiger partial charge on any atom is -0.328 e. The first kappa shape index (κ1) is 20.0. The van der Waals surface area contributed by atoms with E-state index in [2.05, 4.69) is 13.8 Å². The van der Waals surface area contributed by atoms with E-state index in [1.54, 1.807) is 0 Å². The summed E-state index contributed by atoms with van der Waals surface area (Å²) in [5, 5.41) is 0. The largest absolute Gasteiger partial charge is 0.328 e. The summed E-state index contributed by atoms with van der Waals surface area (Å²) < 4.78 is 0. The van der Waals surface area contributed by atoms with E-state index in [-0.39, 0.29) is 0 Å². The quantitative estimate of drug-likeness (QED) is 0.691. The monoisotopic (exact) mass is 310 g/mol. The number of hydrogen-bond donors (Lipinski definition) is 2. The molecule has 0 atom stereocenters. The molecule has 0 aromatic rings. The molecule has 2 saturated carbocycles. The summed E-state index contributed by atoms with van der Waals surface area (Å²) in [6.45, 7) is 4.54. The molecule has 0 saturated heterocycles. The van der Waals surface area contributed by atoms with Gasteiger partial charge in [0.2, 0.25) is 0 Å². The van der Waals surface area contributed by atoms with Crippen LogP contribution in [-0.2, 0) is 0 Å². The minimum atomic E-state index is 0.521. The van der Waals surface area contributed by atoms with Crippen LogP contribution in [0.15, 0.2) is 0 Å². The maximum absolute atomic E-state index is 5.83. The van der Waals surface area contributed by atoms with Gasteiger partial charge in [-0.15, -0.1) is 0 Å². The van der Waals surface area contributed by atoms with E-state index < -0.39 is 0 Å². The second-order valence-corrected chi connectivity index (χ2v) is 7.85. The SMILES string of the molecule is CCCCC1CCC(N)CC1.CCCCC1CCC(N)CC1. The second-order valence-electron chi connectivity index (χ2n) is 7.85. The first-order valence-corrected chi connectivity index (χ1v) is 10.2. The smallest absolute Gasteiger partial charge is 0.00390 e. The molecular formula is C20H42N2. The van der Waals surface area contributed by atoms with Crippen LogP contribution in [0.4, 0.5) is 0 Å². The standard InChI is InChI=1S/2C10H21N/c2*1-2-3-4-9-5-7-10(11)8-6-9/h2*9-10H,2-8,11H2,1H3. The molecule has 2 aliphatic rings. The summed E-state index contributed by atoms with van der Waals surface area (Å²) >= 11 is 0. The van der Waals surface area contributed by atoms with Crippen LogP contribution in [0, 0.1) is 11.8 Å². The van der Waals surface area contributed by atoms with E-state index in [1.165, 1.54) is 89.9 Å². The summed E-state index contributed by atoms with van der Waals surface area (Å²) in [6, 6.07) is 1.04. The van der Waals surface area contributed by atoms with Crippen molar-refractivity contribution < 1.29 is 0 Å². The van der Waals surface area contributed by atoms with Crippen LogP contribution in [0.3, 0.4) is 0 Å². The lowest BCUT2D eigenvalue weighted by atomic mass is 9.83. The Labute approximate surface area is 139 Å². The maximum Gasteiger partial charge on any atom is 0.00390 e. The molecular weight excluding hydrogens is 268 g/mol. The Hall–Kier alpha value is -0.0800. The summed E-state index contributed by atoms with van der Waals surface area (Å²) in [5.41, 5.74) is 11.7. The lowest BCUT2D eigenvalue weighted by molar-refractivity contribution is 0.305. The summed E-state index contributed by atoms with van der Waals surface area (Å²) in [4.78, 5) is 0. The summed E-state index contributed by atoms with van der Waals surface area (Å²) in [5.74, 6) is 2.02. The van der Waals surface area contributed by atoms with Crippen molar-refractivity contribution in [2.45, 2.75) is 116 Å². The van der Waals surface area contributed by atoms with Gasteiger partial charge < -0.3 is 11.5 Å². The van der Waals surface area contributed by atoms with Gasteiger partial charge in [-0.3, -0.25) is 0 Å². The highest BCUT2D eigenvalue weighted by molar-refractivity contribution is 4.74. The highest BCUT2D eigenvalue weighted by Gasteiger charge is 2.18. The highest BCUT2D eigenvalue weighted by atomic mass is 14.6. The fourth-order valence-electron chi connectivity index (χ4n) is 3.94. The van der Waals surface area contributed by atoms with Crippen molar-refractivity contribution >= 4 is 0 Å². The molecule has 0 spiro atoms. The summed E-state index contributed by atoms with van der Waals surface area (Å²) in [6.07, 6.45) is 19.1. The van der Waals surface area contributed by atoms with Gasteiger partial charge in [0.15, 0.2) is 0 Å². The van der Waals surface area contributed by atoms with Crippen LogP contribution in [0.5, 0.6) is 0 Å². The van der Waals surface area contributed by atoms with Crippen LogP contribution in [0.25, 0.3) is 0 Å². The van der Waals surface area contributed by atoms with Gasteiger partial charge in [0, 0.05) is 12.1 Å². The Morgan fingerprint density at radius 3 is 1.18 bits per heavy atom. The van der Waals surface area contributed by atoms with Crippen molar-refractivity contribution in [2.75, 3.05) is 0 Å². The van der Waals surface area contributed by atoms with Crippen molar-refractivity contribution in [3.8, 4) is 0 Å². The van der Waals surface area contributed by atoms with Gasteiger partial charge in [-0.05, 0) is 63.2 Å². The first-order valence-electron chi connectivity index (χ1n) is 10.2. The molecule has 0 aromatic heterocycles. The Balaban J connectivity index is 0.000000220. The minimum absolute atomic E-state index is 0.521. The average molecular weight is 311 g/mol. The zero-order valence-electron chi connectivity index (χ0n) is 15.4. The van der Waals surface area contributed by atoms with Crippen LogP contribution in [0.1, 0.15) is 104 Å². The van der Waals surface area contributed by atoms with Gasteiger partial charge in [0.1, 0.15) is 0 Å². The van der Waals surface area contributed by atoms with E-state index >= 15 is 0 Å². The number of hydrogen-bond acceptors (Lipinski definition) is 2. The van der Waals surface area contributed by atoms with Gasteiger partial charge in [0.25, 0.3) is 0 Å². The molecule has 2 fully saturated rings. The molecule has 2 nitrogen and oxygen atoms in total. The third-order valence-electron chi connectivity index (χ3n) is 5.71. The average Bonchev–Trinajstić information content (AvgIpc) is 2.54. The van der Waals surface area contributed by atoms with Gasteiger partial charge in [-0.2, -0.15) is 0 Å². The molecule has 0 unspecified atom stereocenters. The molecule has 0 amide bonds. The number of unbranched alkanes of at least 4 members (excludes halogenated alkanes) is 2. The zero-order chi connectivity index (χ0) is 16.2. The van der Waals surface area contributed by atoms with Gasteiger partial charge >= 0.3 is 0 Å². The highest BCUT2D eigenvalue weighted by Crippen LogP contribution is 2.27. The lowest BCUT2D eigenvalue weighted by Crippen LogP contribution is -2.26. The third-order valence-corrected chi connectivity index (χ3v) is 5.71. The fourth-order valence-corrected chi connectivity index (χ4v) is 3.94. The normalized spacial score (nSPS) is 32.2.